The zero-order valence-electron chi connectivity index (χ0n) is 30.1. The van der Waals surface area contributed by atoms with Gasteiger partial charge in [-0.1, -0.05) is 141 Å². The SMILES string of the molecule is CC1(C)C=C(c2c3ccccc3c(-c3ccc4oc5ccccc5c4c3)c3ccccc23)C=C2C=c3cc4c5ccccc5c5ccccc5c4cc3=C21. The van der Waals surface area contributed by atoms with Crippen molar-refractivity contribution in [1.29, 1.82) is 0 Å². The monoisotopic (exact) mass is 686 g/mol. The quantitative estimate of drug-likeness (QED) is 0.130. The van der Waals surface area contributed by atoms with Crippen LogP contribution in [0.15, 0.2) is 174 Å². The molecule has 12 rings (SSSR count). The maximum Gasteiger partial charge on any atom is 0.135 e. The maximum atomic E-state index is 6.24. The first-order valence-corrected chi connectivity index (χ1v) is 18.9. The summed E-state index contributed by atoms with van der Waals surface area (Å²) in [5.41, 5.74) is 9.40. The van der Waals surface area contributed by atoms with Gasteiger partial charge in [-0.25, -0.2) is 0 Å². The Hall–Kier alpha value is -6.70. The van der Waals surface area contributed by atoms with Crippen molar-refractivity contribution in [2.45, 2.75) is 13.8 Å². The fraction of sp³-hybridized carbons (Fsp3) is 0.0566. The number of para-hydroxylation sites is 1. The lowest BCUT2D eigenvalue weighted by atomic mass is 9.73. The Morgan fingerprint density at radius 1 is 0.389 bits per heavy atom. The van der Waals surface area contributed by atoms with E-state index in [1.54, 1.807) is 0 Å². The lowest BCUT2D eigenvalue weighted by molar-refractivity contribution is 0.647. The van der Waals surface area contributed by atoms with E-state index in [1.807, 2.05) is 6.07 Å². The summed E-state index contributed by atoms with van der Waals surface area (Å²) >= 11 is 0. The van der Waals surface area contributed by atoms with Crippen molar-refractivity contribution >= 4 is 93.0 Å². The molecule has 0 saturated heterocycles. The Labute approximate surface area is 312 Å². The van der Waals surface area contributed by atoms with Gasteiger partial charge in [0.15, 0.2) is 0 Å². The summed E-state index contributed by atoms with van der Waals surface area (Å²) in [7, 11) is 0. The van der Waals surface area contributed by atoms with E-state index in [2.05, 4.69) is 178 Å². The van der Waals surface area contributed by atoms with Gasteiger partial charge >= 0.3 is 0 Å². The van der Waals surface area contributed by atoms with Crippen LogP contribution in [-0.4, -0.2) is 0 Å². The Bertz CT molecular complexity index is 3460. The van der Waals surface area contributed by atoms with Crippen LogP contribution in [0, 0.1) is 5.41 Å². The Morgan fingerprint density at radius 3 is 1.52 bits per heavy atom. The molecule has 1 heterocycles. The topological polar surface area (TPSA) is 13.1 Å². The Balaban J connectivity index is 1.11. The van der Waals surface area contributed by atoms with Crippen LogP contribution in [0.3, 0.4) is 0 Å². The highest BCUT2D eigenvalue weighted by Gasteiger charge is 2.32. The molecule has 54 heavy (non-hydrogen) atoms. The minimum atomic E-state index is -0.199. The number of rotatable bonds is 2. The molecule has 0 radical (unpaired) electrons. The van der Waals surface area contributed by atoms with Crippen molar-refractivity contribution < 1.29 is 4.42 Å². The summed E-state index contributed by atoms with van der Waals surface area (Å²) in [6, 6.07) is 55.7. The fourth-order valence-electron chi connectivity index (χ4n) is 9.98. The van der Waals surface area contributed by atoms with Gasteiger partial charge in [0.25, 0.3) is 0 Å². The van der Waals surface area contributed by atoms with Crippen LogP contribution in [0.5, 0.6) is 0 Å². The standard InChI is InChI=1S/C53H34O/c1-53(2)30-34(26-33-25-32-28-45-37-15-5-3-13-35(37)36-14-4-6-16-38(36)46(45)29-44(32)52(33)53)51-42-20-9-7-18-40(42)50(41-19-8-10-21-43(41)51)31-23-24-49-47(27-31)39-17-11-12-22-48(39)54-49/h3-30H,1-2H3. The summed E-state index contributed by atoms with van der Waals surface area (Å²) in [5, 5.41) is 17.9. The van der Waals surface area contributed by atoms with Crippen molar-refractivity contribution in [3.63, 3.8) is 0 Å². The second-order valence-corrected chi connectivity index (χ2v) is 15.7. The number of allylic oxidation sites excluding steroid dienone is 4. The molecule has 0 atom stereocenters. The number of hydrogen-bond acceptors (Lipinski definition) is 1. The second-order valence-electron chi connectivity index (χ2n) is 15.7. The van der Waals surface area contributed by atoms with Crippen molar-refractivity contribution in [2.75, 3.05) is 0 Å². The smallest absolute Gasteiger partial charge is 0.135 e. The molecule has 1 nitrogen and oxygen atoms in total. The van der Waals surface area contributed by atoms with Crippen LogP contribution in [0.4, 0.5) is 0 Å². The number of hydrogen-bond donors (Lipinski definition) is 0. The molecule has 10 aromatic rings. The summed E-state index contributed by atoms with van der Waals surface area (Å²) in [6.07, 6.45) is 7.42. The van der Waals surface area contributed by atoms with E-state index >= 15 is 0 Å². The van der Waals surface area contributed by atoms with Crippen LogP contribution < -0.4 is 10.4 Å². The van der Waals surface area contributed by atoms with Gasteiger partial charge in [-0.05, 0) is 140 Å². The molecule has 2 aliphatic rings. The van der Waals surface area contributed by atoms with Gasteiger partial charge in [0.2, 0.25) is 0 Å². The molecule has 0 bridgehead atoms. The molecule has 2 aliphatic carbocycles. The van der Waals surface area contributed by atoms with Gasteiger partial charge in [-0.3, -0.25) is 0 Å². The predicted molar refractivity (Wildman–Crippen MR) is 230 cm³/mol. The lowest BCUT2D eigenvalue weighted by Crippen LogP contribution is -2.28. The van der Waals surface area contributed by atoms with E-state index in [0.29, 0.717) is 0 Å². The summed E-state index contributed by atoms with van der Waals surface area (Å²) < 4.78 is 6.24. The Morgan fingerprint density at radius 2 is 0.889 bits per heavy atom. The molecule has 0 saturated carbocycles. The molecule has 0 unspecified atom stereocenters. The molecule has 0 N–H and O–H groups in total. The first-order chi connectivity index (χ1) is 26.5. The van der Waals surface area contributed by atoms with Gasteiger partial charge < -0.3 is 4.42 Å². The minimum absolute atomic E-state index is 0.199. The molecule has 1 aromatic heterocycles. The molecule has 0 fully saturated rings. The summed E-state index contributed by atoms with van der Waals surface area (Å²) in [6.45, 7) is 4.79. The van der Waals surface area contributed by atoms with Gasteiger partial charge in [0, 0.05) is 16.2 Å². The largest absolute Gasteiger partial charge is 0.456 e. The molecule has 0 amide bonds. The fourth-order valence-corrected chi connectivity index (χ4v) is 9.98. The third-order valence-electron chi connectivity index (χ3n) is 12.1. The first-order valence-electron chi connectivity index (χ1n) is 18.9. The highest BCUT2D eigenvalue weighted by Crippen LogP contribution is 2.49. The average Bonchev–Trinajstić information content (AvgIpc) is 3.77. The highest BCUT2D eigenvalue weighted by atomic mass is 16.3. The second kappa shape index (κ2) is 10.7. The summed E-state index contributed by atoms with van der Waals surface area (Å²) in [5.74, 6) is 0. The molecule has 252 valence electrons. The molecule has 9 aromatic carbocycles. The molecular weight excluding hydrogens is 653 g/mol. The van der Waals surface area contributed by atoms with Crippen molar-refractivity contribution in [1.82, 2.24) is 0 Å². The summed E-state index contributed by atoms with van der Waals surface area (Å²) in [4.78, 5) is 0. The maximum absolute atomic E-state index is 6.24. The van der Waals surface area contributed by atoms with Gasteiger partial charge in [0.05, 0.1) is 0 Å². The highest BCUT2D eigenvalue weighted by molar-refractivity contribution is 6.26. The first kappa shape index (κ1) is 29.8. The van der Waals surface area contributed by atoms with E-state index in [-0.39, 0.29) is 5.41 Å². The van der Waals surface area contributed by atoms with Gasteiger partial charge in [0.1, 0.15) is 11.2 Å². The third-order valence-corrected chi connectivity index (χ3v) is 12.1. The predicted octanol–water partition coefficient (Wildman–Crippen LogP) is 13.0. The van der Waals surface area contributed by atoms with Gasteiger partial charge in [-0.2, -0.15) is 0 Å². The molecule has 1 heteroatoms. The average molecular weight is 687 g/mol. The van der Waals surface area contributed by atoms with E-state index in [0.717, 1.165) is 21.9 Å². The van der Waals surface area contributed by atoms with Crippen LogP contribution >= 0.6 is 0 Å². The lowest BCUT2D eigenvalue weighted by Gasteiger charge is -2.30. The van der Waals surface area contributed by atoms with Crippen LogP contribution in [0.1, 0.15) is 19.4 Å². The van der Waals surface area contributed by atoms with Crippen LogP contribution in [-0.2, 0) is 0 Å². The minimum Gasteiger partial charge on any atom is -0.456 e. The van der Waals surface area contributed by atoms with Crippen molar-refractivity contribution in [2.24, 2.45) is 5.41 Å². The number of furan rings is 1. The van der Waals surface area contributed by atoms with E-state index in [9.17, 15) is 0 Å². The zero-order chi connectivity index (χ0) is 35.7. The van der Waals surface area contributed by atoms with Crippen LogP contribution in [0.2, 0.25) is 0 Å². The number of fused-ring (bicyclic) bond motifs is 13. The van der Waals surface area contributed by atoms with Crippen molar-refractivity contribution in [3.8, 4) is 11.1 Å². The molecule has 0 spiro atoms. The van der Waals surface area contributed by atoms with Gasteiger partial charge in [-0.15, -0.1) is 0 Å². The van der Waals surface area contributed by atoms with Crippen LogP contribution in [0.25, 0.3) is 104 Å². The van der Waals surface area contributed by atoms with E-state index in [4.69, 9.17) is 4.42 Å². The van der Waals surface area contributed by atoms with E-state index < -0.39 is 0 Å². The van der Waals surface area contributed by atoms with E-state index in [1.165, 1.54) is 97.7 Å². The van der Waals surface area contributed by atoms with Crippen molar-refractivity contribution in [3.05, 3.63) is 185 Å². The third kappa shape index (κ3) is 4.04. The number of benzene rings is 9. The molecular formula is C53H34O. The normalized spacial score (nSPS) is 15.0. The Kier molecular flexibility index (Phi) is 5.90. The molecule has 0 aliphatic heterocycles. The zero-order valence-corrected chi connectivity index (χ0v) is 30.1.